The molecule has 17 unspecified atom stereocenters. The minimum absolute atomic E-state index is 0.146. The first kappa shape index (κ1) is 78.2. The van der Waals surface area contributed by atoms with Gasteiger partial charge in [-0.05, 0) is 96.3 Å². The maximum Gasteiger partial charge on any atom is 0.220 e. The van der Waals surface area contributed by atoms with E-state index in [2.05, 4.69) is 129 Å². The van der Waals surface area contributed by atoms with E-state index in [0.29, 0.717) is 19.3 Å². The lowest BCUT2D eigenvalue weighted by Crippen LogP contribution is -2.66. The van der Waals surface area contributed by atoms with Crippen LogP contribution in [0.4, 0.5) is 0 Å². The number of allylic oxidation sites excluding steroid dienone is 21. The van der Waals surface area contributed by atoms with Gasteiger partial charge in [0.1, 0.15) is 73.2 Å². The molecule has 0 aromatic carbocycles. The number of nitrogens with one attached hydrogen (secondary N) is 1. The highest BCUT2D eigenvalue weighted by Gasteiger charge is 2.53. The highest BCUT2D eigenvalue weighted by atomic mass is 16.8. The van der Waals surface area contributed by atoms with E-state index in [1.165, 1.54) is 44.9 Å². The number of amides is 1. The maximum atomic E-state index is 13.3. The maximum absolute atomic E-state index is 13.3. The van der Waals surface area contributed by atoms with Crippen LogP contribution < -0.4 is 5.32 Å². The third-order valence-electron chi connectivity index (χ3n) is 15.2. The molecule has 19 nitrogen and oxygen atoms in total. The molecule has 12 N–H and O–H groups in total. The Morgan fingerprint density at radius 1 is 0.420 bits per heavy atom. The van der Waals surface area contributed by atoms with Crippen LogP contribution in [0.2, 0.25) is 0 Å². The molecule has 3 aliphatic rings. The molecule has 1 amide bonds. The lowest BCUT2D eigenvalue weighted by atomic mass is 9.96. The van der Waals surface area contributed by atoms with Crippen molar-refractivity contribution in [2.45, 2.75) is 266 Å². The zero-order valence-corrected chi connectivity index (χ0v) is 52.4. The SMILES string of the molecule is CC/C=C\C/C=C\C/C=C\C/C=C\C/C=C\C/C=C\C/C=C\C/C=C\C/C=C\CCCC(=O)NC(COC1OC(CO)C(OC2OC(CO)C(OC3OC(CO)C(O)C(O)C3O)C(O)C2O)C(O)C1O)C(O)/C=C/CC/C=C/CCCCCCCCCC. The highest BCUT2D eigenvalue weighted by molar-refractivity contribution is 5.76. The summed E-state index contributed by atoms with van der Waals surface area (Å²) in [6.07, 6.45) is 41.5. The van der Waals surface area contributed by atoms with Crippen molar-refractivity contribution in [2.24, 2.45) is 0 Å². The Hall–Kier alpha value is -4.07. The number of ether oxygens (including phenoxy) is 6. The molecule has 0 aromatic rings. The summed E-state index contributed by atoms with van der Waals surface area (Å²) in [5.74, 6) is -0.351. The lowest BCUT2D eigenvalue weighted by Gasteiger charge is -2.48. The van der Waals surface area contributed by atoms with E-state index in [1.54, 1.807) is 6.08 Å². The van der Waals surface area contributed by atoms with Gasteiger partial charge < -0.3 is 89.9 Å². The van der Waals surface area contributed by atoms with Crippen LogP contribution in [-0.2, 0) is 33.2 Å². The quantitative estimate of drug-likeness (QED) is 0.0208. The molecule has 500 valence electrons. The average molecular weight is 1240 g/mol. The number of unbranched alkanes of at least 4 members (excludes halogenated alkanes) is 10. The number of aliphatic hydroxyl groups excluding tert-OH is 11. The lowest BCUT2D eigenvalue weighted by molar-refractivity contribution is -0.379. The molecule has 3 heterocycles. The number of aliphatic hydroxyl groups is 11. The summed E-state index contributed by atoms with van der Waals surface area (Å²) in [4.78, 5) is 13.3. The average Bonchev–Trinajstić information content (AvgIpc) is 2.57. The van der Waals surface area contributed by atoms with Crippen molar-refractivity contribution < 1.29 is 89.4 Å². The number of carbonyl (C=O) groups is 1. The first-order valence-corrected chi connectivity index (χ1v) is 32.4. The van der Waals surface area contributed by atoms with Crippen LogP contribution in [-0.4, -0.2) is 193 Å². The fraction of sp³-hybridized carbons (Fsp3) is 0.667. The molecule has 88 heavy (non-hydrogen) atoms. The summed E-state index contributed by atoms with van der Waals surface area (Å²) in [5.41, 5.74) is 0. The summed E-state index contributed by atoms with van der Waals surface area (Å²) in [5, 5.41) is 120. The molecule has 3 fully saturated rings. The summed E-state index contributed by atoms with van der Waals surface area (Å²) in [6.45, 7) is 1.51. The van der Waals surface area contributed by atoms with Gasteiger partial charge in [-0.15, -0.1) is 0 Å². The third-order valence-corrected chi connectivity index (χ3v) is 15.2. The van der Waals surface area contributed by atoms with Crippen molar-refractivity contribution >= 4 is 5.91 Å². The van der Waals surface area contributed by atoms with E-state index in [1.807, 2.05) is 18.2 Å². The zero-order chi connectivity index (χ0) is 64.0. The molecule has 0 bridgehead atoms. The molecule has 19 heteroatoms. The Balaban J connectivity index is 1.47. The monoisotopic (exact) mass is 1240 g/mol. The fourth-order valence-electron chi connectivity index (χ4n) is 9.91. The molecule has 0 aliphatic carbocycles. The van der Waals surface area contributed by atoms with E-state index < -0.39 is 131 Å². The second kappa shape index (κ2) is 49.6. The summed E-state index contributed by atoms with van der Waals surface area (Å²) < 4.78 is 34.2. The van der Waals surface area contributed by atoms with Gasteiger partial charge in [-0.2, -0.15) is 0 Å². The Morgan fingerprint density at radius 2 is 0.795 bits per heavy atom. The van der Waals surface area contributed by atoms with E-state index in [9.17, 15) is 61.0 Å². The van der Waals surface area contributed by atoms with E-state index in [-0.39, 0.29) is 12.3 Å². The van der Waals surface area contributed by atoms with Gasteiger partial charge in [0.05, 0.1) is 38.6 Å². The summed E-state index contributed by atoms with van der Waals surface area (Å²) in [6, 6.07) is -1.03. The van der Waals surface area contributed by atoms with Crippen LogP contribution in [0, 0.1) is 0 Å². The van der Waals surface area contributed by atoms with Crippen LogP contribution in [0.5, 0.6) is 0 Å². The topological polar surface area (TPSA) is 307 Å². The first-order chi connectivity index (χ1) is 42.8. The summed E-state index contributed by atoms with van der Waals surface area (Å²) in [7, 11) is 0. The zero-order valence-electron chi connectivity index (χ0n) is 52.4. The van der Waals surface area contributed by atoms with Crippen molar-refractivity contribution in [1.82, 2.24) is 5.32 Å². The van der Waals surface area contributed by atoms with Gasteiger partial charge >= 0.3 is 0 Å². The van der Waals surface area contributed by atoms with Crippen LogP contribution >= 0.6 is 0 Å². The molecule has 0 radical (unpaired) electrons. The van der Waals surface area contributed by atoms with E-state index in [0.717, 1.165) is 77.0 Å². The molecule has 3 saturated heterocycles. The molecular formula is C69H111NO18. The smallest absolute Gasteiger partial charge is 0.220 e. The van der Waals surface area contributed by atoms with Crippen LogP contribution in [0.3, 0.4) is 0 Å². The second-order valence-electron chi connectivity index (χ2n) is 22.5. The number of rotatable bonds is 46. The van der Waals surface area contributed by atoms with Gasteiger partial charge in [0, 0.05) is 6.42 Å². The van der Waals surface area contributed by atoms with Crippen molar-refractivity contribution in [3.05, 3.63) is 134 Å². The molecule has 3 aliphatic heterocycles. The van der Waals surface area contributed by atoms with Gasteiger partial charge in [-0.25, -0.2) is 0 Å². The molecule has 17 atom stereocenters. The van der Waals surface area contributed by atoms with Crippen molar-refractivity contribution in [3.8, 4) is 0 Å². The first-order valence-electron chi connectivity index (χ1n) is 32.4. The number of hydrogen-bond donors (Lipinski definition) is 12. The van der Waals surface area contributed by atoms with Crippen LogP contribution in [0.25, 0.3) is 0 Å². The second-order valence-corrected chi connectivity index (χ2v) is 22.5. The largest absolute Gasteiger partial charge is 0.394 e. The van der Waals surface area contributed by atoms with Crippen molar-refractivity contribution in [1.29, 1.82) is 0 Å². The fourth-order valence-corrected chi connectivity index (χ4v) is 9.91. The van der Waals surface area contributed by atoms with Crippen LogP contribution in [0.15, 0.2) is 134 Å². The van der Waals surface area contributed by atoms with Gasteiger partial charge in [0.25, 0.3) is 0 Å². The Bertz CT molecular complexity index is 2120. The highest BCUT2D eigenvalue weighted by Crippen LogP contribution is 2.33. The summed E-state index contributed by atoms with van der Waals surface area (Å²) >= 11 is 0. The standard InChI is InChI=1S/C69H111NO18/c1-3-5-7-9-11-13-15-17-19-20-21-22-23-24-25-26-27-28-29-30-31-32-33-35-37-39-41-43-45-47-57(75)70-52(53(74)46-44-42-40-38-36-34-18-16-14-12-10-8-6-4-2)51-83-67-63(81)60(78)65(55(49-72)85-67)88-69-64(82)61(79)66(56(50-73)86-69)87-68-62(80)59(77)58(76)54(48-71)84-68/h5,7,11,13,17,19,21-22,24-25,27-28,30-31,33,35-36,38-39,41,44,46,52-56,58-69,71-74,76-82H,3-4,6,8-10,12,14-16,18,20,23,26,29,32,34,37,40,42-43,45,47-51H2,1-2H3,(H,70,75)/b7-5-,13-11-,19-17-,22-21-,25-24-,28-27-,31-30-,35-33-,38-36+,41-39-,46-44+. The predicted octanol–water partition coefficient (Wildman–Crippen LogP) is 7.43. The Kier molecular flexibility index (Phi) is 44.1. The molecule has 0 saturated carbocycles. The van der Waals surface area contributed by atoms with E-state index >= 15 is 0 Å². The van der Waals surface area contributed by atoms with Crippen LogP contribution in [0.1, 0.15) is 162 Å². The van der Waals surface area contributed by atoms with Crippen molar-refractivity contribution in [3.63, 3.8) is 0 Å². The van der Waals surface area contributed by atoms with Crippen molar-refractivity contribution in [2.75, 3.05) is 26.4 Å². The predicted molar refractivity (Wildman–Crippen MR) is 341 cm³/mol. The van der Waals surface area contributed by atoms with Gasteiger partial charge in [-0.3, -0.25) is 4.79 Å². The molecule has 0 aromatic heterocycles. The van der Waals surface area contributed by atoms with Gasteiger partial charge in [0.2, 0.25) is 5.91 Å². The van der Waals surface area contributed by atoms with E-state index in [4.69, 9.17) is 28.4 Å². The number of hydrogen-bond acceptors (Lipinski definition) is 18. The Labute approximate surface area is 524 Å². The minimum Gasteiger partial charge on any atom is -0.394 e. The molecule has 0 spiro atoms. The minimum atomic E-state index is -1.99. The third kappa shape index (κ3) is 31.8. The van der Waals surface area contributed by atoms with Gasteiger partial charge in [-0.1, -0.05) is 192 Å². The molecule has 3 rings (SSSR count). The van der Waals surface area contributed by atoms with Gasteiger partial charge in [0.15, 0.2) is 18.9 Å². The Morgan fingerprint density at radius 3 is 1.27 bits per heavy atom. The molecular weight excluding hydrogens is 1130 g/mol. The normalized spacial score (nSPS) is 29.3. The number of carbonyl (C=O) groups excluding carboxylic acids is 1.